The van der Waals surface area contributed by atoms with Gasteiger partial charge in [-0.25, -0.2) is 0 Å². The van der Waals surface area contributed by atoms with Crippen LogP contribution in [0.25, 0.3) is 6.08 Å². The zero-order valence-corrected chi connectivity index (χ0v) is 19.8. The van der Waals surface area contributed by atoms with Gasteiger partial charge in [0.1, 0.15) is 6.54 Å². The summed E-state index contributed by atoms with van der Waals surface area (Å²) in [4.78, 5) is 34.2. The first-order valence-electron chi connectivity index (χ1n) is 11.6. The third-order valence-corrected chi connectivity index (χ3v) is 7.27. The highest BCUT2D eigenvalue weighted by atomic mass is 32.2. The number of thioether (sulfide) groups is 1. The van der Waals surface area contributed by atoms with Crippen molar-refractivity contribution < 1.29 is 9.59 Å². The SMILES string of the molecule is O=C(CN1C(=O)C(=Cc2ccccc2)Sc2ccccc21)N1CCN(Cc2ccccc2)CC1. The lowest BCUT2D eigenvalue weighted by atomic mass is 10.2. The van der Waals surface area contributed by atoms with Gasteiger partial charge in [-0.2, -0.15) is 0 Å². The third kappa shape index (κ3) is 5.08. The first-order chi connectivity index (χ1) is 16.7. The van der Waals surface area contributed by atoms with Crippen molar-refractivity contribution in [1.29, 1.82) is 0 Å². The van der Waals surface area contributed by atoms with Gasteiger partial charge in [-0.15, -0.1) is 0 Å². The Bertz CT molecular complexity index is 1190. The van der Waals surface area contributed by atoms with E-state index in [4.69, 9.17) is 0 Å². The summed E-state index contributed by atoms with van der Waals surface area (Å²) in [5.74, 6) is -0.128. The summed E-state index contributed by atoms with van der Waals surface area (Å²) in [7, 11) is 0. The molecule has 0 bridgehead atoms. The van der Waals surface area contributed by atoms with Gasteiger partial charge in [0.2, 0.25) is 5.91 Å². The first kappa shape index (κ1) is 22.4. The maximum absolute atomic E-state index is 13.4. The number of benzene rings is 3. The van der Waals surface area contributed by atoms with Crippen molar-refractivity contribution in [2.24, 2.45) is 0 Å². The van der Waals surface area contributed by atoms with Crippen LogP contribution < -0.4 is 4.90 Å². The van der Waals surface area contributed by atoms with Gasteiger partial charge in [0.15, 0.2) is 0 Å². The van der Waals surface area contributed by atoms with Crippen molar-refractivity contribution >= 4 is 35.3 Å². The number of piperazine rings is 1. The maximum Gasteiger partial charge on any atom is 0.265 e. The van der Waals surface area contributed by atoms with E-state index >= 15 is 0 Å². The summed E-state index contributed by atoms with van der Waals surface area (Å²) in [6.07, 6.45) is 1.91. The number of rotatable bonds is 5. The number of hydrogen-bond acceptors (Lipinski definition) is 4. The second-order valence-electron chi connectivity index (χ2n) is 8.52. The number of carbonyl (C=O) groups is 2. The molecule has 0 saturated carbocycles. The van der Waals surface area contributed by atoms with Gasteiger partial charge in [-0.3, -0.25) is 19.4 Å². The zero-order chi connectivity index (χ0) is 23.3. The highest BCUT2D eigenvalue weighted by molar-refractivity contribution is 8.04. The molecule has 0 aromatic heterocycles. The molecule has 3 aromatic rings. The molecule has 0 atom stereocenters. The molecule has 2 aliphatic heterocycles. The molecule has 1 saturated heterocycles. The van der Waals surface area contributed by atoms with Crippen LogP contribution in [0, 0.1) is 0 Å². The molecule has 172 valence electrons. The van der Waals surface area contributed by atoms with Gasteiger partial charge in [0.25, 0.3) is 5.91 Å². The molecule has 0 radical (unpaired) electrons. The van der Waals surface area contributed by atoms with E-state index in [0.29, 0.717) is 18.0 Å². The topological polar surface area (TPSA) is 43.9 Å². The van der Waals surface area contributed by atoms with Crippen molar-refractivity contribution in [2.75, 3.05) is 37.6 Å². The largest absolute Gasteiger partial charge is 0.339 e. The van der Waals surface area contributed by atoms with Crippen LogP contribution in [0.15, 0.2) is 94.7 Å². The van der Waals surface area contributed by atoms with Crippen molar-refractivity contribution in [3.63, 3.8) is 0 Å². The summed E-state index contributed by atoms with van der Waals surface area (Å²) in [6, 6.07) is 28.0. The maximum atomic E-state index is 13.4. The molecule has 0 aliphatic carbocycles. The standard InChI is InChI=1S/C28H27N3O2S/c32-27(30-17-15-29(16-18-30)20-23-11-5-2-6-12-23)21-31-24-13-7-8-14-25(24)34-26(28(31)33)19-22-9-3-1-4-10-22/h1-14,19H,15-18,20-21H2. The van der Waals surface area contributed by atoms with Gasteiger partial charge in [-0.1, -0.05) is 84.6 Å². The number of nitrogens with zero attached hydrogens (tertiary/aromatic N) is 3. The highest BCUT2D eigenvalue weighted by Crippen LogP contribution is 2.42. The van der Waals surface area contributed by atoms with Crippen molar-refractivity contribution in [3.8, 4) is 0 Å². The van der Waals surface area contributed by atoms with Crippen molar-refractivity contribution in [1.82, 2.24) is 9.80 Å². The number of hydrogen-bond donors (Lipinski definition) is 0. The average Bonchev–Trinajstić information content (AvgIpc) is 2.88. The van der Waals surface area contributed by atoms with E-state index in [9.17, 15) is 9.59 Å². The van der Waals surface area contributed by atoms with Gasteiger partial charge < -0.3 is 4.90 Å². The minimum atomic E-state index is -0.122. The molecular formula is C28H27N3O2S. The number of fused-ring (bicyclic) bond motifs is 1. The van der Waals surface area contributed by atoms with Gasteiger partial charge in [0.05, 0.1) is 10.6 Å². The first-order valence-corrected chi connectivity index (χ1v) is 12.4. The second kappa shape index (κ2) is 10.3. The Morgan fingerprint density at radius 3 is 2.21 bits per heavy atom. The highest BCUT2D eigenvalue weighted by Gasteiger charge is 2.32. The minimum Gasteiger partial charge on any atom is -0.339 e. The van der Waals surface area contributed by atoms with Crippen molar-refractivity contribution in [3.05, 3.63) is 101 Å². The smallest absolute Gasteiger partial charge is 0.265 e. The molecule has 0 N–H and O–H groups in total. The molecule has 34 heavy (non-hydrogen) atoms. The van der Waals surface area contributed by atoms with Gasteiger partial charge in [0, 0.05) is 37.6 Å². The van der Waals surface area contributed by atoms with Crippen LogP contribution in [0.3, 0.4) is 0 Å². The molecule has 3 aromatic carbocycles. The minimum absolute atomic E-state index is 0.00604. The van der Waals surface area contributed by atoms with Crippen LogP contribution in [0.2, 0.25) is 0 Å². The fraction of sp³-hybridized carbons (Fsp3) is 0.214. The summed E-state index contributed by atoms with van der Waals surface area (Å²) < 4.78 is 0. The van der Waals surface area contributed by atoms with E-state index < -0.39 is 0 Å². The van der Waals surface area contributed by atoms with E-state index in [0.717, 1.165) is 35.8 Å². The molecule has 5 nitrogen and oxygen atoms in total. The molecule has 5 rings (SSSR count). The monoisotopic (exact) mass is 469 g/mol. The van der Waals surface area contributed by atoms with Crippen LogP contribution in [0.5, 0.6) is 0 Å². The van der Waals surface area contributed by atoms with E-state index in [1.165, 1.54) is 17.3 Å². The van der Waals surface area contributed by atoms with Crippen molar-refractivity contribution in [2.45, 2.75) is 11.4 Å². The molecule has 6 heteroatoms. The Labute approximate surface area is 204 Å². The number of amides is 2. The molecule has 2 aliphatic rings. The Kier molecular flexibility index (Phi) is 6.79. The van der Waals surface area contributed by atoms with Crippen LogP contribution in [0.1, 0.15) is 11.1 Å². The summed E-state index contributed by atoms with van der Waals surface area (Å²) in [5.41, 5.74) is 3.06. The quantitative estimate of drug-likeness (QED) is 0.516. The van der Waals surface area contributed by atoms with E-state index in [-0.39, 0.29) is 18.4 Å². The molecule has 2 amide bonds. The van der Waals surface area contributed by atoms with Crippen LogP contribution >= 0.6 is 11.8 Å². The average molecular weight is 470 g/mol. The summed E-state index contributed by atoms with van der Waals surface area (Å²) in [5, 5.41) is 0. The fourth-order valence-electron chi connectivity index (χ4n) is 4.35. The molecule has 0 spiro atoms. The zero-order valence-electron chi connectivity index (χ0n) is 19.0. The third-order valence-electron chi connectivity index (χ3n) is 6.20. The normalized spacial score (nSPS) is 17.6. The van der Waals surface area contributed by atoms with Gasteiger partial charge >= 0.3 is 0 Å². The number of carbonyl (C=O) groups excluding carboxylic acids is 2. The predicted molar refractivity (Wildman–Crippen MR) is 137 cm³/mol. The number of anilines is 1. The van der Waals surface area contributed by atoms with Crippen LogP contribution in [-0.4, -0.2) is 54.3 Å². The fourth-order valence-corrected chi connectivity index (χ4v) is 5.41. The van der Waals surface area contributed by atoms with E-state index in [1.54, 1.807) is 4.90 Å². The Morgan fingerprint density at radius 1 is 0.824 bits per heavy atom. The van der Waals surface area contributed by atoms with E-state index in [1.807, 2.05) is 71.6 Å². The molecular weight excluding hydrogens is 442 g/mol. The lowest BCUT2D eigenvalue weighted by molar-refractivity contribution is -0.132. The molecule has 1 fully saturated rings. The number of para-hydroxylation sites is 1. The van der Waals surface area contributed by atoms with Gasteiger partial charge in [-0.05, 0) is 29.3 Å². The Balaban J connectivity index is 1.28. The van der Waals surface area contributed by atoms with Crippen LogP contribution in [0.4, 0.5) is 5.69 Å². The summed E-state index contributed by atoms with van der Waals surface area (Å²) >= 11 is 1.47. The summed E-state index contributed by atoms with van der Waals surface area (Å²) in [6.45, 7) is 3.97. The lowest BCUT2D eigenvalue weighted by Crippen LogP contribution is -2.52. The Hall–Kier alpha value is -3.35. The molecule has 0 unspecified atom stereocenters. The van der Waals surface area contributed by atoms with E-state index in [2.05, 4.69) is 29.2 Å². The molecule has 2 heterocycles. The van der Waals surface area contributed by atoms with Crippen LogP contribution in [-0.2, 0) is 16.1 Å². The predicted octanol–water partition coefficient (Wildman–Crippen LogP) is 4.51. The second-order valence-corrected chi connectivity index (χ2v) is 9.61. The lowest BCUT2D eigenvalue weighted by Gasteiger charge is -2.37. The Morgan fingerprint density at radius 2 is 1.47 bits per heavy atom.